The first-order valence-electron chi connectivity index (χ1n) is 5.75. The molecule has 0 amide bonds. The molecule has 0 heterocycles. The molecule has 0 aliphatic carbocycles. The molecule has 1 rings (SSSR count). The molecule has 0 radical (unpaired) electrons. The first-order chi connectivity index (χ1) is 9.08. The van der Waals surface area contributed by atoms with Gasteiger partial charge in [-0.2, -0.15) is 0 Å². The summed E-state index contributed by atoms with van der Waals surface area (Å²) < 4.78 is 0. The van der Waals surface area contributed by atoms with Crippen LogP contribution in [-0.2, 0) is 4.79 Å². The first-order valence-corrected chi connectivity index (χ1v) is 6.13. The SMILES string of the molecule is C=CCN(CC=C)c1ccc(/C=C/C(=O)O)cc1Cl. The lowest BCUT2D eigenvalue weighted by Crippen LogP contribution is -2.23. The maximum atomic E-state index is 10.5. The van der Waals surface area contributed by atoms with Gasteiger partial charge in [-0.05, 0) is 23.8 Å². The maximum absolute atomic E-state index is 10.5. The molecule has 4 heteroatoms. The first kappa shape index (κ1) is 15.1. The van der Waals surface area contributed by atoms with Crippen molar-refractivity contribution in [2.75, 3.05) is 18.0 Å². The van der Waals surface area contributed by atoms with Crippen LogP contribution in [0.4, 0.5) is 5.69 Å². The van der Waals surface area contributed by atoms with Gasteiger partial charge >= 0.3 is 5.97 Å². The standard InChI is InChI=1S/C15H16ClNO2/c1-3-9-17(10-4-2)14-7-5-12(11-13(14)16)6-8-15(18)19/h3-8,11H,1-2,9-10H2,(H,18,19)/b8-6+. The van der Waals surface area contributed by atoms with Crippen molar-refractivity contribution >= 4 is 29.3 Å². The zero-order valence-electron chi connectivity index (χ0n) is 10.6. The highest BCUT2D eigenvalue weighted by molar-refractivity contribution is 6.33. The fourth-order valence-electron chi connectivity index (χ4n) is 1.63. The quantitative estimate of drug-likeness (QED) is 0.611. The van der Waals surface area contributed by atoms with Crippen LogP contribution < -0.4 is 4.90 Å². The molecule has 0 aliphatic heterocycles. The van der Waals surface area contributed by atoms with Crippen LogP contribution in [0.25, 0.3) is 6.08 Å². The molecule has 0 bridgehead atoms. The van der Waals surface area contributed by atoms with Crippen LogP contribution in [0.1, 0.15) is 5.56 Å². The van der Waals surface area contributed by atoms with Gasteiger partial charge in [-0.1, -0.05) is 29.8 Å². The van der Waals surface area contributed by atoms with Crippen molar-refractivity contribution in [1.29, 1.82) is 0 Å². The summed E-state index contributed by atoms with van der Waals surface area (Å²) in [6.45, 7) is 8.74. The molecule has 0 saturated heterocycles. The van der Waals surface area contributed by atoms with E-state index in [0.29, 0.717) is 18.1 Å². The monoisotopic (exact) mass is 277 g/mol. The molecule has 1 aromatic rings. The Morgan fingerprint density at radius 2 is 1.95 bits per heavy atom. The van der Waals surface area contributed by atoms with Crippen molar-refractivity contribution in [3.05, 3.63) is 60.2 Å². The van der Waals surface area contributed by atoms with Crippen molar-refractivity contribution in [2.24, 2.45) is 0 Å². The lowest BCUT2D eigenvalue weighted by molar-refractivity contribution is -0.131. The topological polar surface area (TPSA) is 40.5 Å². The van der Waals surface area contributed by atoms with E-state index in [0.717, 1.165) is 17.3 Å². The Hall–Kier alpha value is -2.00. The van der Waals surface area contributed by atoms with Crippen LogP contribution in [0, 0.1) is 0 Å². The number of hydrogen-bond donors (Lipinski definition) is 1. The number of nitrogens with zero attached hydrogens (tertiary/aromatic N) is 1. The fraction of sp³-hybridized carbons (Fsp3) is 0.133. The van der Waals surface area contributed by atoms with Gasteiger partial charge in [-0.3, -0.25) is 0 Å². The number of aliphatic carboxylic acids is 1. The Balaban J connectivity index is 3.00. The third-order valence-electron chi connectivity index (χ3n) is 2.43. The second kappa shape index (κ2) is 7.44. The van der Waals surface area contributed by atoms with E-state index in [9.17, 15) is 4.79 Å². The van der Waals surface area contributed by atoms with E-state index in [1.165, 1.54) is 6.08 Å². The predicted molar refractivity (Wildman–Crippen MR) is 80.7 cm³/mol. The molecule has 0 spiro atoms. The molecule has 0 aromatic heterocycles. The third-order valence-corrected chi connectivity index (χ3v) is 2.73. The van der Waals surface area contributed by atoms with Crippen molar-refractivity contribution < 1.29 is 9.90 Å². The summed E-state index contributed by atoms with van der Waals surface area (Å²) in [5, 5.41) is 9.14. The van der Waals surface area contributed by atoms with Crippen LogP contribution in [0.5, 0.6) is 0 Å². The molecule has 1 aromatic carbocycles. The number of rotatable bonds is 7. The minimum atomic E-state index is -0.986. The molecule has 0 saturated carbocycles. The van der Waals surface area contributed by atoms with E-state index in [1.54, 1.807) is 18.2 Å². The van der Waals surface area contributed by atoms with Crippen LogP contribution in [0.15, 0.2) is 49.6 Å². The zero-order chi connectivity index (χ0) is 14.3. The molecule has 19 heavy (non-hydrogen) atoms. The highest BCUT2D eigenvalue weighted by Crippen LogP contribution is 2.27. The predicted octanol–water partition coefficient (Wildman–Crippen LogP) is 3.62. The summed E-state index contributed by atoms with van der Waals surface area (Å²) in [6, 6.07) is 5.41. The second-order valence-corrected chi connectivity index (χ2v) is 4.27. The Kier molecular flexibility index (Phi) is 5.90. The van der Waals surface area contributed by atoms with E-state index in [-0.39, 0.29) is 0 Å². The third kappa shape index (κ3) is 4.64. The van der Waals surface area contributed by atoms with Crippen LogP contribution in [0.3, 0.4) is 0 Å². The van der Waals surface area contributed by atoms with Gasteiger partial charge in [0, 0.05) is 19.2 Å². The van der Waals surface area contributed by atoms with E-state index >= 15 is 0 Å². The molecule has 0 atom stereocenters. The van der Waals surface area contributed by atoms with Crippen LogP contribution >= 0.6 is 11.6 Å². The minimum absolute atomic E-state index is 0.566. The van der Waals surface area contributed by atoms with E-state index in [2.05, 4.69) is 13.2 Å². The molecule has 100 valence electrons. The summed E-state index contributed by atoms with van der Waals surface area (Å²) in [5.74, 6) is -0.986. The maximum Gasteiger partial charge on any atom is 0.328 e. The van der Waals surface area contributed by atoms with Gasteiger partial charge in [-0.25, -0.2) is 4.79 Å². The van der Waals surface area contributed by atoms with E-state index in [1.807, 2.05) is 17.0 Å². The molecule has 1 N–H and O–H groups in total. The second-order valence-electron chi connectivity index (χ2n) is 3.86. The molecule has 3 nitrogen and oxygen atoms in total. The van der Waals surface area contributed by atoms with Gasteiger partial charge < -0.3 is 10.0 Å². The van der Waals surface area contributed by atoms with Gasteiger partial charge in [-0.15, -0.1) is 13.2 Å². The number of hydrogen-bond acceptors (Lipinski definition) is 2. The Morgan fingerprint density at radius 3 is 2.42 bits per heavy atom. The van der Waals surface area contributed by atoms with Gasteiger partial charge in [0.05, 0.1) is 10.7 Å². The van der Waals surface area contributed by atoms with Crippen molar-refractivity contribution in [2.45, 2.75) is 0 Å². The Labute approximate surface area is 118 Å². The normalized spacial score (nSPS) is 10.4. The largest absolute Gasteiger partial charge is 0.478 e. The zero-order valence-corrected chi connectivity index (χ0v) is 11.3. The summed E-state index contributed by atoms with van der Waals surface area (Å²) in [5.41, 5.74) is 1.61. The van der Waals surface area contributed by atoms with Crippen LogP contribution in [0.2, 0.25) is 5.02 Å². The van der Waals surface area contributed by atoms with Gasteiger partial charge in [0.25, 0.3) is 0 Å². The molecular formula is C15H16ClNO2. The molecule has 0 fully saturated rings. The number of benzene rings is 1. The highest BCUT2D eigenvalue weighted by atomic mass is 35.5. The molecular weight excluding hydrogens is 262 g/mol. The number of carboxylic acids is 1. The average Bonchev–Trinajstić information content (AvgIpc) is 2.36. The fourth-order valence-corrected chi connectivity index (χ4v) is 1.94. The smallest absolute Gasteiger partial charge is 0.328 e. The number of anilines is 1. The van der Waals surface area contributed by atoms with Crippen molar-refractivity contribution in [3.8, 4) is 0 Å². The van der Waals surface area contributed by atoms with Gasteiger partial charge in [0.1, 0.15) is 0 Å². The van der Waals surface area contributed by atoms with Crippen molar-refractivity contribution in [3.63, 3.8) is 0 Å². The summed E-state index contributed by atoms with van der Waals surface area (Å²) in [4.78, 5) is 12.5. The Bertz CT molecular complexity index is 499. The molecule has 0 unspecified atom stereocenters. The van der Waals surface area contributed by atoms with Gasteiger partial charge in [0.2, 0.25) is 0 Å². The summed E-state index contributed by atoms with van der Waals surface area (Å²) >= 11 is 6.22. The number of carbonyl (C=O) groups is 1. The summed E-state index contributed by atoms with van der Waals surface area (Å²) in [7, 11) is 0. The van der Waals surface area contributed by atoms with E-state index < -0.39 is 5.97 Å². The lowest BCUT2D eigenvalue weighted by atomic mass is 10.1. The van der Waals surface area contributed by atoms with E-state index in [4.69, 9.17) is 16.7 Å². The van der Waals surface area contributed by atoms with Gasteiger partial charge in [0.15, 0.2) is 0 Å². The molecule has 0 aliphatic rings. The lowest BCUT2D eigenvalue weighted by Gasteiger charge is -2.23. The highest BCUT2D eigenvalue weighted by Gasteiger charge is 2.07. The Morgan fingerprint density at radius 1 is 1.32 bits per heavy atom. The average molecular weight is 278 g/mol. The minimum Gasteiger partial charge on any atom is -0.478 e. The number of carboxylic acid groups (broad SMARTS) is 1. The summed E-state index contributed by atoms with van der Waals surface area (Å²) in [6.07, 6.45) is 6.16. The van der Waals surface area contributed by atoms with Crippen molar-refractivity contribution in [1.82, 2.24) is 0 Å². The number of halogens is 1. The van der Waals surface area contributed by atoms with Crippen LogP contribution in [-0.4, -0.2) is 24.2 Å².